The van der Waals surface area contributed by atoms with E-state index in [2.05, 4.69) is 156 Å². The van der Waals surface area contributed by atoms with Crippen LogP contribution in [-0.2, 0) is 25.7 Å². The predicted molar refractivity (Wildman–Crippen MR) is 242 cm³/mol. The highest BCUT2D eigenvalue weighted by atomic mass is 16.1. The first kappa shape index (κ1) is 32.7. The Morgan fingerprint density at radius 2 is 0.738 bits per heavy atom. The first-order valence-corrected chi connectivity index (χ1v) is 22.0. The molecule has 3 heteroatoms. The van der Waals surface area contributed by atoms with Crippen LogP contribution in [0.4, 0.5) is 0 Å². The van der Waals surface area contributed by atoms with Gasteiger partial charge in [-0.1, -0.05) is 127 Å². The van der Waals surface area contributed by atoms with Crippen molar-refractivity contribution in [1.82, 2.24) is 4.40 Å². The molecule has 0 saturated carbocycles. The number of carbonyl (C=O) groups excluding carboxylic acids is 2. The summed E-state index contributed by atoms with van der Waals surface area (Å²) in [5, 5.41) is 4.97. The van der Waals surface area contributed by atoms with Gasteiger partial charge in [-0.05, 0) is 128 Å². The zero-order valence-electron chi connectivity index (χ0n) is 33.3. The van der Waals surface area contributed by atoms with Gasteiger partial charge >= 0.3 is 0 Å². The fourth-order valence-electron chi connectivity index (χ4n) is 13.1. The number of hydrogen-bond donors (Lipinski definition) is 0. The minimum Gasteiger partial charge on any atom is -0.308 e. The number of Topliss-reactive ketones (excluding diaryl/α,β-unsaturated/α-hetero) is 2. The number of nitrogens with zero attached hydrogens (tertiary/aromatic N) is 1. The molecule has 0 radical (unpaired) electrons. The molecule has 0 atom stereocenters. The number of aryl methyl sites for hydroxylation is 4. The fourth-order valence-corrected chi connectivity index (χ4v) is 13.1. The molecule has 8 bridgehead atoms. The number of hydrogen-bond acceptors (Lipinski definition) is 2. The van der Waals surface area contributed by atoms with E-state index in [1.54, 1.807) is 0 Å². The smallest absolute Gasteiger partial charge is 0.175 e. The average molecular weight is 780 g/mol. The largest absolute Gasteiger partial charge is 0.308 e. The molecule has 0 N–H and O–H groups in total. The van der Waals surface area contributed by atoms with Gasteiger partial charge in [-0.15, -0.1) is 0 Å². The Balaban J connectivity index is 1.09. The Hall–Kier alpha value is -7.10. The highest BCUT2D eigenvalue weighted by Gasteiger charge is 2.45. The van der Waals surface area contributed by atoms with E-state index in [4.69, 9.17) is 0 Å². The second-order valence-corrected chi connectivity index (χ2v) is 18.3. The van der Waals surface area contributed by atoms with E-state index in [9.17, 15) is 0 Å². The molecule has 0 unspecified atom stereocenters. The zero-order valence-corrected chi connectivity index (χ0v) is 33.3. The number of fused-ring (bicyclic) bond motifs is 12. The van der Waals surface area contributed by atoms with Gasteiger partial charge in [0.1, 0.15) is 0 Å². The maximum Gasteiger partial charge on any atom is 0.175 e. The normalized spacial score (nSPS) is 20.3. The van der Waals surface area contributed by atoms with Crippen LogP contribution in [0.3, 0.4) is 0 Å². The third kappa shape index (κ3) is 4.01. The van der Waals surface area contributed by atoms with Crippen LogP contribution in [0.2, 0.25) is 0 Å². The zero-order chi connectivity index (χ0) is 39.8. The quantitative estimate of drug-likeness (QED) is 0.154. The van der Waals surface area contributed by atoms with Crippen molar-refractivity contribution >= 4 is 49.7 Å². The Labute approximate surface area is 352 Å². The average Bonchev–Trinajstić information content (AvgIpc) is 3.67. The van der Waals surface area contributed by atoms with Gasteiger partial charge in [0.15, 0.2) is 11.6 Å². The van der Waals surface area contributed by atoms with Crippen molar-refractivity contribution in [3.63, 3.8) is 0 Å². The van der Waals surface area contributed by atoms with Gasteiger partial charge in [-0.3, -0.25) is 9.59 Å². The van der Waals surface area contributed by atoms with E-state index >= 15 is 9.59 Å². The number of ketones is 2. The van der Waals surface area contributed by atoms with Gasteiger partial charge < -0.3 is 4.40 Å². The van der Waals surface area contributed by atoms with E-state index in [-0.39, 0.29) is 35.2 Å². The van der Waals surface area contributed by atoms with Gasteiger partial charge in [0.05, 0.1) is 28.4 Å². The van der Waals surface area contributed by atoms with Gasteiger partial charge in [-0.2, -0.15) is 0 Å². The summed E-state index contributed by atoms with van der Waals surface area (Å²) in [4.78, 5) is 30.6. The molecule has 0 spiro atoms. The highest BCUT2D eigenvalue weighted by Crippen LogP contribution is 2.56. The molecule has 17 rings (SSSR count). The molecule has 0 saturated heterocycles. The number of carbonyl (C=O) groups is 2. The fraction of sp³-hybridized carbons (Fsp3) is 0.138. The molecule has 2 heterocycles. The minimum atomic E-state index is -0.348. The lowest BCUT2D eigenvalue weighted by atomic mass is 9.72. The number of aromatic nitrogens is 1. The SMILES string of the molecule is O=C1c2cc3c(cc2C2c4ccccc4C1c1ccccc12)c1c2cc(c4c5cc6c(cc5n3c14)C(=O)C1c3ccccc3C6c3ccccc31)CCc1cccc(c1)CC2. The summed E-state index contributed by atoms with van der Waals surface area (Å²) in [6.45, 7) is 0. The van der Waals surface area contributed by atoms with E-state index in [0.717, 1.165) is 81.2 Å². The van der Waals surface area contributed by atoms with Crippen molar-refractivity contribution < 1.29 is 9.59 Å². The minimum absolute atomic E-state index is 0.0363. The number of rotatable bonds is 0. The highest BCUT2D eigenvalue weighted by molar-refractivity contribution is 6.27. The third-order valence-corrected chi connectivity index (χ3v) is 15.6. The van der Waals surface area contributed by atoms with Crippen molar-refractivity contribution in [2.75, 3.05) is 0 Å². The monoisotopic (exact) mass is 779 g/mol. The summed E-state index contributed by atoms with van der Waals surface area (Å²) in [7, 11) is 0. The molecular formula is C58H37NO2. The molecule has 2 aromatic heterocycles. The van der Waals surface area contributed by atoms with Crippen LogP contribution in [0.5, 0.6) is 0 Å². The van der Waals surface area contributed by atoms with Crippen LogP contribution in [0.25, 0.3) is 38.1 Å². The molecule has 10 aromatic rings. The van der Waals surface area contributed by atoms with Crippen LogP contribution in [0.15, 0.2) is 152 Å². The molecule has 0 fully saturated rings. The van der Waals surface area contributed by atoms with Gasteiger partial charge in [0.2, 0.25) is 0 Å². The van der Waals surface area contributed by atoms with E-state index in [0.29, 0.717) is 0 Å². The second-order valence-electron chi connectivity index (χ2n) is 18.3. The Bertz CT molecular complexity index is 3350. The Kier molecular flexibility index (Phi) is 6.10. The molecule has 0 amide bonds. The van der Waals surface area contributed by atoms with Crippen LogP contribution < -0.4 is 0 Å². The van der Waals surface area contributed by atoms with E-state index in [1.807, 2.05) is 0 Å². The standard InChI is InChI=1S/C58H37NO2/c60-57-44-28-48-46(26-42(44)52-34-12-1-5-16-38(34)54(57)39-17-6-2-13-35(39)52)50-32-22-20-30-10-9-11-31(24-30)21-23-33(25-32)51-47-27-43-45(29-49(47)59(48)56(50)51)58(61)55-40-18-7-3-14-36(40)53(43)37-15-4-8-19-41(37)55/h1-19,24-29,52-55H,20-23H2. The molecule has 286 valence electrons. The van der Waals surface area contributed by atoms with E-state index < -0.39 is 0 Å². The predicted octanol–water partition coefficient (Wildman–Crippen LogP) is 12.4. The van der Waals surface area contributed by atoms with Crippen LogP contribution in [0.1, 0.15) is 122 Å². The van der Waals surface area contributed by atoms with Crippen molar-refractivity contribution in [2.45, 2.75) is 49.4 Å². The lowest BCUT2D eigenvalue weighted by Crippen LogP contribution is -2.19. The lowest BCUT2D eigenvalue weighted by molar-refractivity contribution is 0.0966. The molecule has 7 aliphatic carbocycles. The lowest BCUT2D eigenvalue weighted by Gasteiger charge is -2.30. The molecule has 8 aromatic carbocycles. The second kappa shape index (κ2) is 11.4. The summed E-state index contributed by atoms with van der Waals surface area (Å²) in [5.74, 6) is -0.429. The maximum atomic E-state index is 15.3. The molecule has 61 heavy (non-hydrogen) atoms. The summed E-state index contributed by atoms with van der Waals surface area (Å²) in [6.07, 6.45) is 3.76. The topological polar surface area (TPSA) is 38.5 Å². The van der Waals surface area contributed by atoms with Crippen molar-refractivity contribution in [2.24, 2.45) is 0 Å². The van der Waals surface area contributed by atoms with Crippen LogP contribution in [0, 0.1) is 0 Å². The molecule has 0 aliphatic heterocycles. The van der Waals surface area contributed by atoms with Gasteiger partial charge in [0.25, 0.3) is 0 Å². The van der Waals surface area contributed by atoms with Crippen LogP contribution in [-0.4, -0.2) is 16.0 Å². The van der Waals surface area contributed by atoms with Crippen molar-refractivity contribution in [1.29, 1.82) is 0 Å². The summed E-state index contributed by atoms with van der Waals surface area (Å²) in [5.41, 5.74) is 22.1. The Morgan fingerprint density at radius 3 is 1.13 bits per heavy atom. The summed E-state index contributed by atoms with van der Waals surface area (Å²) < 4.78 is 2.47. The van der Waals surface area contributed by atoms with E-state index in [1.165, 1.54) is 71.6 Å². The van der Waals surface area contributed by atoms with Crippen LogP contribution >= 0.6 is 0 Å². The first-order valence-electron chi connectivity index (χ1n) is 22.0. The first-order chi connectivity index (χ1) is 30.1. The third-order valence-electron chi connectivity index (χ3n) is 15.6. The maximum absolute atomic E-state index is 15.3. The van der Waals surface area contributed by atoms with Gasteiger partial charge in [0, 0.05) is 44.5 Å². The Morgan fingerprint density at radius 1 is 0.361 bits per heavy atom. The molecule has 3 nitrogen and oxygen atoms in total. The summed E-state index contributed by atoms with van der Waals surface area (Å²) >= 11 is 0. The molecular weight excluding hydrogens is 743 g/mol. The van der Waals surface area contributed by atoms with Gasteiger partial charge in [-0.25, -0.2) is 0 Å². The number of benzene rings is 8. The van der Waals surface area contributed by atoms with Crippen molar-refractivity contribution in [3.8, 4) is 0 Å². The van der Waals surface area contributed by atoms with Crippen molar-refractivity contribution in [3.05, 3.63) is 241 Å². The molecule has 7 aliphatic rings. The summed E-state index contributed by atoms with van der Waals surface area (Å²) in [6, 6.07) is 55.5.